The smallest absolute Gasteiger partial charge is 0.279 e. The number of aryl methyl sites for hydroxylation is 3. The van der Waals surface area contributed by atoms with E-state index in [0.717, 1.165) is 23.4 Å². The summed E-state index contributed by atoms with van der Waals surface area (Å²) in [5.41, 5.74) is 5.66. The number of anilines is 1. The number of likely N-dealkylation sites (N-methyl/N-ethyl adjacent to an activating group) is 1. The Hall–Kier alpha value is -2.65. The third-order valence-corrected chi connectivity index (χ3v) is 4.78. The minimum Gasteiger partial charge on any atom is -0.326 e. The highest BCUT2D eigenvalue weighted by Gasteiger charge is 2.14. The monoisotopic (exact) mass is 347 g/mol. The van der Waals surface area contributed by atoms with Crippen molar-refractivity contribution in [2.24, 2.45) is 0 Å². The molecule has 1 atom stereocenters. The van der Waals surface area contributed by atoms with Crippen molar-refractivity contribution in [3.63, 3.8) is 0 Å². The quantitative estimate of drug-likeness (QED) is 0.728. The zero-order valence-corrected chi connectivity index (χ0v) is 16.0. The summed E-state index contributed by atoms with van der Waals surface area (Å²) in [5, 5.41) is 5.61. The Kier molecular flexibility index (Phi) is 5.38. The highest BCUT2D eigenvalue weighted by Crippen LogP contribution is 2.21. The summed E-state index contributed by atoms with van der Waals surface area (Å²) >= 11 is 0. The number of benzene rings is 3. The van der Waals surface area contributed by atoms with Gasteiger partial charge in [-0.25, -0.2) is 0 Å². The third kappa shape index (κ3) is 4.12. The van der Waals surface area contributed by atoms with Crippen LogP contribution in [0, 0.1) is 20.8 Å². The Bertz CT molecular complexity index is 918. The van der Waals surface area contributed by atoms with E-state index in [4.69, 9.17) is 0 Å². The van der Waals surface area contributed by atoms with Gasteiger partial charge in [-0.15, -0.1) is 0 Å². The molecule has 0 heterocycles. The van der Waals surface area contributed by atoms with Crippen LogP contribution in [0.5, 0.6) is 0 Å². The maximum Gasteiger partial charge on any atom is 0.279 e. The molecule has 0 saturated carbocycles. The number of fused-ring (bicyclic) bond motifs is 1. The van der Waals surface area contributed by atoms with Crippen molar-refractivity contribution in [2.75, 3.05) is 18.9 Å². The second kappa shape index (κ2) is 7.71. The van der Waals surface area contributed by atoms with E-state index < -0.39 is 0 Å². The first kappa shape index (κ1) is 18.2. The zero-order chi connectivity index (χ0) is 18.7. The summed E-state index contributed by atoms with van der Waals surface area (Å²) in [6, 6.07) is 19.0. The lowest BCUT2D eigenvalue weighted by Gasteiger charge is -2.17. The van der Waals surface area contributed by atoms with Crippen LogP contribution in [-0.4, -0.2) is 19.5 Å². The molecule has 0 aromatic heterocycles. The van der Waals surface area contributed by atoms with Gasteiger partial charge in [0.2, 0.25) is 0 Å². The number of nitrogens with one attached hydrogen (secondary N) is 2. The first-order chi connectivity index (χ1) is 12.4. The fraction of sp³-hybridized carbons (Fsp3) is 0.261. The molecule has 0 aliphatic rings. The third-order valence-electron chi connectivity index (χ3n) is 4.78. The van der Waals surface area contributed by atoms with E-state index in [1.165, 1.54) is 26.8 Å². The van der Waals surface area contributed by atoms with E-state index in [2.05, 4.69) is 73.9 Å². The van der Waals surface area contributed by atoms with Gasteiger partial charge in [0.1, 0.15) is 6.54 Å². The molecule has 134 valence electrons. The average molecular weight is 347 g/mol. The number of quaternary nitrogens is 1. The molecule has 1 amide bonds. The predicted octanol–water partition coefficient (Wildman–Crippen LogP) is 3.42. The van der Waals surface area contributed by atoms with Gasteiger partial charge in [0.25, 0.3) is 5.91 Å². The van der Waals surface area contributed by atoms with E-state index in [9.17, 15) is 4.79 Å². The molecule has 0 fully saturated rings. The molecule has 0 aliphatic heterocycles. The van der Waals surface area contributed by atoms with Gasteiger partial charge in [0.15, 0.2) is 6.54 Å². The topological polar surface area (TPSA) is 33.5 Å². The fourth-order valence-corrected chi connectivity index (χ4v) is 3.67. The van der Waals surface area contributed by atoms with Gasteiger partial charge < -0.3 is 10.2 Å². The van der Waals surface area contributed by atoms with Crippen molar-refractivity contribution < 1.29 is 9.69 Å². The molecule has 3 nitrogen and oxygen atoms in total. The van der Waals surface area contributed by atoms with Crippen LogP contribution < -0.4 is 10.2 Å². The molecular formula is C23H27N2O+. The predicted molar refractivity (Wildman–Crippen MR) is 109 cm³/mol. The molecule has 0 spiro atoms. The number of carbonyl (C=O) groups is 1. The maximum absolute atomic E-state index is 12.5. The molecule has 3 aromatic rings. The van der Waals surface area contributed by atoms with Gasteiger partial charge in [-0.3, -0.25) is 4.79 Å². The molecule has 0 radical (unpaired) electrons. The Labute approximate surface area is 155 Å². The summed E-state index contributed by atoms with van der Waals surface area (Å²) in [6.07, 6.45) is 0. The highest BCUT2D eigenvalue weighted by atomic mass is 16.2. The summed E-state index contributed by atoms with van der Waals surface area (Å²) in [4.78, 5) is 13.7. The molecule has 0 saturated heterocycles. The largest absolute Gasteiger partial charge is 0.326 e. The number of rotatable bonds is 5. The van der Waals surface area contributed by atoms with Gasteiger partial charge in [0, 0.05) is 11.3 Å². The van der Waals surface area contributed by atoms with Crippen LogP contribution in [-0.2, 0) is 11.3 Å². The van der Waals surface area contributed by atoms with Crippen LogP contribution >= 0.6 is 0 Å². The number of hydrogen-bond acceptors (Lipinski definition) is 1. The minimum absolute atomic E-state index is 0.0535. The number of amides is 1. The van der Waals surface area contributed by atoms with Crippen LogP contribution in [0.25, 0.3) is 10.8 Å². The van der Waals surface area contributed by atoms with Crippen molar-refractivity contribution >= 4 is 22.4 Å². The van der Waals surface area contributed by atoms with Gasteiger partial charge in [-0.2, -0.15) is 0 Å². The van der Waals surface area contributed by atoms with Crippen molar-refractivity contribution in [1.29, 1.82) is 0 Å². The van der Waals surface area contributed by atoms with E-state index in [-0.39, 0.29) is 5.91 Å². The molecule has 2 N–H and O–H groups in total. The Balaban J connectivity index is 1.68. The second-order valence-electron chi connectivity index (χ2n) is 7.27. The van der Waals surface area contributed by atoms with Gasteiger partial charge in [-0.1, -0.05) is 60.2 Å². The number of hydrogen-bond donors (Lipinski definition) is 2. The van der Waals surface area contributed by atoms with E-state index in [1.54, 1.807) is 0 Å². The van der Waals surface area contributed by atoms with Crippen molar-refractivity contribution in [3.8, 4) is 0 Å². The van der Waals surface area contributed by atoms with Crippen molar-refractivity contribution in [2.45, 2.75) is 27.3 Å². The molecule has 3 aromatic carbocycles. The summed E-state index contributed by atoms with van der Waals surface area (Å²) in [7, 11) is 2.07. The maximum atomic E-state index is 12.5. The lowest BCUT2D eigenvalue weighted by molar-refractivity contribution is -0.885. The highest BCUT2D eigenvalue weighted by molar-refractivity contribution is 5.93. The zero-order valence-electron chi connectivity index (χ0n) is 16.0. The summed E-state index contributed by atoms with van der Waals surface area (Å²) in [6.45, 7) is 7.43. The van der Waals surface area contributed by atoms with E-state index in [0.29, 0.717) is 6.54 Å². The number of carbonyl (C=O) groups excluding carboxylic acids is 1. The molecular weight excluding hydrogens is 320 g/mol. The van der Waals surface area contributed by atoms with E-state index >= 15 is 0 Å². The lowest BCUT2D eigenvalue weighted by atomic mass is 10.0. The molecule has 0 bridgehead atoms. The van der Waals surface area contributed by atoms with Crippen LogP contribution in [0.2, 0.25) is 0 Å². The molecule has 3 rings (SSSR count). The Morgan fingerprint density at radius 1 is 0.962 bits per heavy atom. The second-order valence-corrected chi connectivity index (χ2v) is 7.27. The average Bonchev–Trinajstić information content (AvgIpc) is 2.58. The molecule has 0 aliphatic carbocycles. The standard InChI is InChI=1S/C23H26N2O/c1-16-12-17(2)23(18(3)13-16)24-22(26)15-25(4)14-20-10-7-9-19-8-5-6-11-21(19)20/h5-13H,14-15H2,1-4H3,(H,24,26)/p+1. The fourth-order valence-electron chi connectivity index (χ4n) is 3.67. The summed E-state index contributed by atoms with van der Waals surface area (Å²) < 4.78 is 0. The molecule has 1 unspecified atom stereocenters. The van der Waals surface area contributed by atoms with E-state index in [1.807, 2.05) is 13.8 Å². The SMILES string of the molecule is Cc1cc(C)c(NC(=O)C[NH+](C)Cc2cccc3ccccc23)c(C)c1. The minimum atomic E-state index is 0.0535. The van der Waals surface area contributed by atoms with Gasteiger partial charge >= 0.3 is 0 Å². The van der Waals surface area contributed by atoms with Crippen LogP contribution in [0.3, 0.4) is 0 Å². The first-order valence-electron chi connectivity index (χ1n) is 9.09. The van der Waals surface area contributed by atoms with Crippen LogP contribution in [0.15, 0.2) is 54.6 Å². The Morgan fingerprint density at radius 2 is 1.62 bits per heavy atom. The summed E-state index contributed by atoms with van der Waals surface area (Å²) in [5.74, 6) is 0.0535. The van der Waals surface area contributed by atoms with Gasteiger partial charge in [0.05, 0.1) is 7.05 Å². The lowest BCUT2D eigenvalue weighted by Crippen LogP contribution is -3.08. The van der Waals surface area contributed by atoms with Crippen molar-refractivity contribution in [3.05, 3.63) is 76.9 Å². The first-order valence-corrected chi connectivity index (χ1v) is 9.09. The molecule has 3 heteroatoms. The van der Waals surface area contributed by atoms with Crippen molar-refractivity contribution in [1.82, 2.24) is 0 Å². The van der Waals surface area contributed by atoms with Gasteiger partial charge in [-0.05, 0) is 42.7 Å². The Morgan fingerprint density at radius 3 is 2.35 bits per heavy atom. The normalized spacial score (nSPS) is 12.2. The van der Waals surface area contributed by atoms with Crippen LogP contribution in [0.4, 0.5) is 5.69 Å². The molecule has 26 heavy (non-hydrogen) atoms. The van der Waals surface area contributed by atoms with Crippen LogP contribution in [0.1, 0.15) is 22.3 Å².